The Kier molecular flexibility index (Phi) is 15.3. The molecule has 1 heterocycles. The quantitative estimate of drug-likeness (QED) is 0.0963. The summed E-state index contributed by atoms with van der Waals surface area (Å²) in [5.74, 6) is 7.92. The second kappa shape index (κ2) is 16.8. The fourth-order valence-electron chi connectivity index (χ4n) is 5.11. The van der Waals surface area contributed by atoms with E-state index in [9.17, 15) is 9.90 Å². The van der Waals surface area contributed by atoms with Crippen molar-refractivity contribution in [2.45, 2.75) is 102 Å². The Bertz CT molecular complexity index is 1280. The Labute approximate surface area is 266 Å². The molecule has 0 aliphatic heterocycles. The van der Waals surface area contributed by atoms with E-state index in [0.717, 1.165) is 36.9 Å². The topological polar surface area (TPSA) is 50.2 Å². The van der Waals surface area contributed by atoms with Crippen LogP contribution in [0.15, 0.2) is 60.5 Å². The van der Waals surface area contributed by atoms with Crippen LogP contribution in [-0.4, -0.2) is 29.1 Å². The van der Waals surface area contributed by atoms with Crippen LogP contribution >= 0.6 is 0 Å². The second-order valence-electron chi connectivity index (χ2n) is 13.2. The first-order valence-electron chi connectivity index (χ1n) is 15.1. The smallest absolute Gasteiger partial charge is 0.162 e. The van der Waals surface area contributed by atoms with Gasteiger partial charge in [-0.3, -0.25) is 4.79 Å². The molecule has 1 aromatic heterocycles. The summed E-state index contributed by atoms with van der Waals surface area (Å²) in [7, 11) is 0. The number of benzene rings is 2. The molecule has 2 aromatic carbocycles. The van der Waals surface area contributed by atoms with Gasteiger partial charge in [0.1, 0.15) is 0 Å². The van der Waals surface area contributed by atoms with Gasteiger partial charge in [-0.05, 0) is 25.7 Å². The van der Waals surface area contributed by atoms with Crippen LogP contribution < -0.4 is 0 Å². The molecule has 227 valence electrons. The minimum absolute atomic E-state index is 0. The third-order valence-corrected chi connectivity index (χ3v) is 10.6. The van der Waals surface area contributed by atoms with Gasteiger partial charge in [-0.15, -0.1) is 0 Å². The predicted molar refractivity (Wildman–Crippen MR) is 176 cm³/mol. The van der Waals surface area contributed by atoms with Crippen molar-refractivity contribution in [3.05, 3.63) is 77.7 Å². The fourth-order valence-corrected chi connectivity index (χ4v) is 8.14. The monoisotopic (exact) mass is 797 g/mol. The van der Waals surface area contributed by atoms with Crippen molar-refractivity contribution in [2.24, 2.45) is 11.8 Å². The van der Waals surface area contributed by atoms with Crippen molar-refractivity contribution in [3.63, 3.8) is 0 Å². The van der Waals surface area contributed by atoms with E-state index >= 15 is 0 Å². The first-order valence-corrected chi connectivity index (χ1v) is 22.9. The van der Waals surface area contributed by atoms with Gasteiger partial charge in [0, 0.05) is 38.0 Å². The van der Waals surface area contributed by atoms with Gasteiger partial charge < -0.3 is 5.11 Å². The molecule has 3 nitrogen and oxygen atoms in total. The van der Waals surface area contributed by atoms with Crippen LogP contribution in [0.2, 0.25) is 17.3 Å². The minimum Gasteiger partial charge on any atom is -0.512 e. The molecular weight excluding hydrogens is 743 g/mol. The van der Waals surface area contributed by atoms with Crippen LogP contribution in [-0.2, 0) is 35.6 Å². The maximum Gasteiger partial charge on any atom is 0.162 e. The van der Waals surface area contributed by atoms with Gasteiger partial charge in [-0.1, -0.05) is 27.7 Å². The SMILES string of the molecule is CC(C)(C)c1cc(-c2cc([CH2][Ge]([CH3])([CH3])[CH3])ccn2)[c-]c2ccccc12.CCC(CC)C(=O)/C=C(\O)C(CC)CC.[Ir]. The van der Waals surface area contributed by atoms with Crippen molar-refractivity contribution in [1.82, 2.24) is 4.98 Å². The van der Waals surface area contributed by atoms with E-state index in [1.165, 1.54) is 33.2 Å². The number of aromatic nitrogens is 1. The summed E-state index contributed by atoms with van der Waals surface area (Å²) < 4.78 is 0. The third kappa shape index (κ3) is 11.5. The number of allylic oxidation sites excluding steroid dienone is 2. The number of ketones is 1. The number of aliphatic hydroxyl groups excluding tert-OH is 1. The number of carbonyl (C=O) groups excluding carboxylic acids is 1. The van der Waals surface area contributed by atoms with Crippen LogP contribution in [0.4, 0.5) is 0 Å². The van der Waals surface area contributed by atoms with E-state index in [0.29, 0.717) is 0 Å². The largest absolute Gasteiger partial charge is 0.512 e. The molecular formula is C36H52GeIrNO2-. The Morgan fingerprint density at radius 1 is 0.951 bits per heavy atom. The zero-order chi connectivity index (χ0) is 30.1. The molecule has 3 aromatic rings. The number of nitrogens with zero attached hydrogens (tertiary/aromatic N) is 1. The summed E-state index contributed by atoms with van der Waals surface area (Å²) in [5.41, 5.74) is 5.00. The van der Waals surface area contributed by atoms with Gasteiger partial charge in [0.2, 0.25) is 0 Å². The molecule has 0 unspecified atom stereocenters. The first-order chi connectivity index (χ1) is 18.7. The molecule has 1 N–H and O–H groups in total. The van der Waals surface area contributed by atoms with Gasteiger partial charge in [0.05, 0.1) is 5.76 Å². The molecule has 41 heavy (non-hydrogen) atoms. The summed E-state index contributed by atoms with van der Waals surface area (Å²) in [4.78, 5) is 16.4. The average Bonchev–Trinajstić information content (AvgIpc) is 2.88. The van der Waals surface area contributed by atoms with E-state index in [2.05, 4.69) is 91.6 Å². The van der Waals surface area contributed by atoms with Crippen molar-refractivity contribution >= 4 is 29.8 Å². The van der Waals surface area contributed by atoms with Crippen molar-refractivity contribution < 1.29 is 30.0 Å². The number of rotatable bonds is 10. The first kappa shape index (κ1) is 37.3. The Hall–Kier alpha value is -1.75. The molecule has 0 saturated heterocycles. The number of aliphatic hydroxyl groups is 1. The number of hydrogen-bond acceptors (Lipinski definition) is 3. The zero-order valence-electron chi connectivity index (χ0n) is 27.0. The predicted octanol–water partition coefficient (Wildman–Crippen LogP) is 10.3. The molecule has 0 spiro atoms. The zero-order valence-corrected chi connectivity index (χ0v) is 31.5. The van der Waals surface area contributed by atoms with E-state index in [4.69, 9.17) is 0 Å². The Morgan fingerprint density at radius 2 is 1.54 bits per heavy atom. The molecule has 0 aliphatic rings. The van der Waals surface area contributed by atoms with Gasteiger partial charge in [0.15, 0.2) is 5.78 Å². The summed E-state index contributed by atoms with van der Waals surface area (Å²) in [6.07, 6.45) is 6.86. The van der Waals surface area contributed by atoms with Gasteiger partial charge in [-0.2, -0.15) is 0 Å². The van der Waals surface area contributed by atoms with Crippen LogP contribution in [0.3, 0.4) is 0 Å². The summed E-state index contributed by atoms with van der Waals surface area (Å²) in [6, 6.07) is 18.9. The molecule has 0 fully saturated rings. The molecule has 0 saturated carbocycles. The average molecular weight is 796 g/mol. The maximum atomic E-state index is 11.7. The van der Waals surface area contributed by atoms with E-state index in [-0.39, 0.29) is 48.9 Å². The van der Waals surface area contributed by atoms with Crippen LogP contribution in [0.25, 0.3) is 22.0 Å². The summed E-state index contributed by atoms with van der Waals surface area (Å²) >= 11 is -1.64. The van der Waals surface area contributed by atoms with Crippen molar-refractivity contribution in [1.29, 1.82) is 0 Å². The standard InChI is InChI=1S/C23H28GeN.C13H24O2.Ir/c1-23(2,3)21-15-19(14-18-9-7-8-10-20(18)21)22-13-17(11-12-25-22)16-24(4,5)6;1-5-10(6-2)12(14)9-13(15)11(7-3)8-4;/h7-13,15H,16H2,1-6H3;9-11,14H,5-8H2,1-4H3;/q-1;;/b;12-9-;. The number of carbonyl (C=O) groups is 1. The molecule has 0 amide bonds. The molecule has 3 rings (SSSR count). The van der Waals surface area contributed by atoms with Crippen LogP contribution in [0.5, 0.6) is 0 Å². The summed E-state index contributed by atoms with van der Waals surface area (Å²) in [5, 5.41) is 13.5. The minimum atomic E-state index is -1.64. The Balaban J connectivity index is 0.000000456. The van der Waals surface area contributed by atoms with Crippen LogP contribution in [0.1, 0.15) is 85.3 Å². The van der Waals surface area contributed by atoms with Gasteiger partial charge >= 0.3 is 155 Å². The van der Waals surface area contributed by atoms with Crippen molar-refractivity contribution in [3.8, 4) is 11.3 Å². The van der Waals surface area contributed by atoms with E-state index in [1.807, 2.05) is 33.9 Å². The number of pyridine rings is 1. The number of fused-ring (bicyclic) bond motifs is 1. The van der Waals surface area contributed by atoms with E-state index < -0.39 is 13.3 Å². The molecule has 0 aliphatic carbocycles. The molecule has 5 heteroatoms. The van der Waals surface area contributed by atoms with Gasteiger partial charge in [0.25, 0.3) is 0 Å². The van der Waals surface area contributed by atoms with Gasteiger partial charge in [-0.25, -0.2) is 0 Å². The Morgan fingerprint density at radius 3 is 2.07 bits per heavy atom. The van der Waals surface area contributed by atoms with Crippen molar-refractivity contribution in [2.75, 3.05) is 0 Å². The summed E-state index contributed by atoms with van der Waals surface area (Å²) in [6.45, 7) is 14.9. The number of hydrogen-bond donors (Lipinski definition) is 1. The van der Waals surface area contributed by atoms with E-state index in [1.54, 1.807) is 0 Å². The molecule has 1 radical (unpaired) electrons. The maximum absolute atomic E-state index is 11.7. The fraction of sp³-hybridized carbons (Fsp3) is 0.500. The molecule has 0 atom stereocenters. The van der Waals surface area contributed by atoms with Crippen LogP contribution in [0, 0.1) is 17.9 Å². The third-order valence-electron chi connectivity index (χ3n) is 7.50. The normalized spacial score (nSPS) is 12.2. The second-order valence-corrected chi connectivity index (χ2v) is 24.7. The molecule has 0 bridgehead atoms.